The van der Waals surface area contributed by atoms with Crippen LogP contribution in [0.25, 0.3) is 0 Å². The van der Waals surface area contributed by atoms with E-state index in [0.717, 1.165) is 6.26 Å². The fraction of sp³-hybridized carbons (Fsp3) is 0.231. The van der Waals surface area contributed by atoms with Crippen LogP contribution in [-0.2, 0) is 10.0 Å². The summed E-state index contributed by atoms with van der Waals surface area (Å²) in [6, 6.07) is 4.06. The summed E-state index contributed by atoms with van der Waals surface area (Å²) in [5.74, 6) is -0.697. The lowest BCUT2D eigenvalue weighted by atomic mass is 10.3. The number of nitrogens with one attached hydrogen (secondary N) is 4. The number of nitrogens with zero attached hydrogens (tertiary/aromatic N) is 3. The Morgan fingerprint density at radius 2 is 2.19 bits per heavy atom. The molecule has 11 nitrogen and oxygen atoms in total. The molecule has 1 heterocycles. The van der Waals surface area contributed by atoms with Crippen molar-refractivity contribution < 1.29 is 22.6 Å². The number of amidine groups is 2. The minimum absolute atomic E-state index is 0.0283. The van der Waals surface area contributed by atoms with Gasteiger partial charge in [-0.15, -0.1) is 0 Å². The van der Waals surface area contributed by atoms with Gasteiger partial charge in [0, 0.05) is 18.7 Å². The molecule has 146 valence electrons. The van der Waals surface area contributed by atoms with Gasteiger partial charge in [0.25, 0.3) is 0 Å². The van der Waals surface area contributed by atoms with Crippen LogP contribution in [-0.4, -0.2) is 48.4 Å². The first-order valence-electron chi connectivity index (χ1n) is 7.25. The van der Waals surface area contributed by atoms with Crippen LogP contribution in [0.4, 0.5) is 15.9 Å². The van der Waals surface area contributed by atoms with Gasteiger partial charge in [0.15, 0.2) is 5.69 Å². The Morgan fingerprint density at radius 3 is 2.81 bits per heavy atom. The number of halogens is 2. The van der Waals surface area contributed by atoms with E-state index in [2.05, 4.69) is 46.7 Å². The number of rotatable bonds is 7. The summed E-state index contributed by atoms with van der Waals surface area (Å²) in [5, 5.41) is 32.6. The van der Waals surface area contributed by atoms with Gasteiger partial charge in [-0.2, -0.15) is 0 Å². The molecule has 0 aliphatic carbocycles. The molecule has 0 atom stereocenters. The van der Waals surface area contributed by atoms with Crippen molar-refractivity contribution in [2.75, 3.05) is 23.4 Å². The van der Waals surface area contributed by atoms with Crippen LogP contribution in [0.3, 0.4) is 0 Å². The Bertz CT molecular complexity index is 963. The molecule has 0 unspecified atom stereocenters. The summed E-state index contributed by atoms with van der Waals surface area (Å²) in [5.41, 5.74) is 0.435. The number of hydrogen-bond acceptors (Lipinski definition) is 9. The van der Waals surface area contributed by atoms with Crippen molar-refractivity contribution in [2.45, 2.75) is 6.42 Å². The maximum atomic E-state index is 13.3. The van der Waals surface area contributed by atoms with E-state index in [-0.39, 0.29) is 40.6 Å². The lowest BCUT2D eigenvalue weighted by Crippen LogP contribution is -2.30. The quantitative estimate of drug-likeness (QED) is 0.178. The molecule has 0 saturated heterocycles. The molecule has 0 fully saturated rings. The zero-order valence-electron chi connectivity index (χ0n) is 13.8. The minimum atomic E-state index is -3.52. The molecular weight excluding hydrogens is 449 g/mol. The SMILES string of the molecule is CS(=O)(=O)NC(=N)CCNc1nonc1/C(=N/O)Nc1ccc(F)c(Br)c1. The van der Waals surface area contributed by atoms with Gasteiger partial charge < -0.3 is 15.8 Å². The van der Waals surface area contributed by atoms with E-state index < -0.39 is 15.8 Å². The molecule has 0 radical (unpaired) electrons. The Hall–Kier alpha value is -2.74. The van der Waals surface area contributed by atoms with E-state index in [4.69, 9.17) is 5.41 Å². The third-order valence-corrected chi connectivity index (χ3v) is 4.20. The van der Waals surface area contributed by atoms with Gasteiger partial charge in [0.1, 0.15) is 11.7 Å². The van der Waals surface area contributed by atoms with Crippen LogP contribution < -0.4 is 15.4 Å². The summed E-state index contributed by atoms with van der Waals surface area (Å²) in [6.45, 7) is 0.128. The van der Waals surface area contributed by atoms with Crippen LogP contribution >= 0.6 is 15.9 Å². The molecule has 5 N–H and O–H groups in total. The number of oxime groups is 1. The predicted octanol–water partition coefficient (Wildman–Crippen LogP) is 1.55. The molecule has 2 aromatic rings. The second kappa shape index (κ2) is 8.77. The van der Waals surface area contributed by atoms with Crippen molar-refractivity contribution in [2.24, 2.45) is 5.16 Å². The molecule has 0 aliphatic rings. The molecule has 1 aromatic carbocycles. The number of aromatic nitrogens is 2. The van der Waals surface area contributed by atoms with Crippen molar-refractivity contribution in [3.05, 3.63) is 34.2 Å². The Labute approximate surface area is 161 Å². The fourth-order valence-corrected chi connectivity index (χ4v) is 2.81. The van der Waals surface area contributed by atoms with Gasteiger partial charge in [0.2, 0.25) is 21.7 Å². The Kier molecular flexibility index (Phi) is 6.68. The third kappa shape index (κ3) is 6.18. The molecular formula is C13H15BrFN7O4S. The molecule has 0 aliphatic heterocycles. The minimum Gasteiger partial charge on any atom is -0.409 e. The second-order valence-corrected chi connectivity index (χ2v) is 7.80. The van der Waals surface area contributed by atoms with Gasteiger partial charge >= 0.3 is 0 Å². The van der Waals surface area contributed by atoms with Gasteiger partial charge in [-0.3, -0.25) is 10.1 Å². The summed E-state index contributed by atoms with van der Waals surface area (Å²) < 4.78 is 42.3. The van der Waals surface area contributed by atoms with E-state index >= 15 is 0 Å². The molecule has 27 heavy (non-hydrogen) atoms. The standard InChI is InChI=1S/C13H15BrFN7O4S/c1-27(24,25)22-10(16)4-5-17-12-11(20-26-21-12)13(19-23)18-7-2-3-9(15)8(14)6-7/h2-3,6,23H,4-5H2,1H3,(H2,16,22)(H,17,21)(H,18,19). The van der Waals surface area contributed by atoms with E-state index in [1.807, 2.05) is 4.72 Å². The highest BCUT2D eigenvalue weighted by atomic mass is 79.9. The lowest BCUT2D eigenvalue weighted by Gasteiger charge is -2.09. The normalized spacial score (nSPS) is 11.9. The molecule has 0 amide bonds. The highest BCUT2D eigenvalue weighted by molar-refractivity contribution is 9.10. The molecule has 0 bridgehead atoms. The van der Waals surface area contributed by atoms with E-state index in [9.17, 15) is 18.0 Å². The van der Waals surface area contributed by atoms with Crippen LogP contribution in [0.5, 0.6) is 0 Å². The van der Waals surface area contributed by atoms with Crippen molar-refractivity contribution in [3.8, 4) is 0 Å². The number of sulfonamides is 1. The summed E-state index contributed by atoms with van der Waals surface area (Å²) in [4.78, 5) is 0. The Morgan fingerprint density at radius 1 is 1.44 bits per heavy atom. The Balaban J connectivity index is 2.03. The molecule has 0 spiro atoms. The van der Waals surface area contributed by atoms with Gasteiger partial charge in [0.05, 0.1) is 10.7 Å². The lowest BCUT2D eigenvalue weighted by molar-refractivity contribution is 0.305. The maximum Gasteiger partial charge on any atom is 0.230 e. The van der Waals surface area contributed by atoms with Crippen LogP contribution in [0.2, 0.25) is 0 Å². The second-order valence-electron chi connectivity index (χ2n) is 5.19. The van der Waals surface area contributed by atoms with Gasteiger partial charge in [-0.05, 0) is 44.4 Å². The first kappa shape index (κ1) is 20.6. The number of anilines is 2. The smallest absolute Gasteiger partial charge is 0.230 e. The molecule has 1 aromatic heterocycles. The van der Waals surface area contributed by atoms with Crippen LogP contribution in [0, 0.1) is 11.2 Å². The topological polar surface area (TPSA) is 166 Å². The fourth-order valence-electron chi connectivity index (χ4n) is 1.88. The predicted molar refractivity (Wildman–Crippen MR) is 99.2 cm³/mol. The summed E-state index contributed by atoms with van der Waals surface area (Å²) >= 11 is 3.04. The average Bonchev–Trinajstić information content (AvgIpc) is 3.02. The van der Waals surface area contributed by atoms with Crippen LogP contribution in [0.15, 0.2) is 32.5 Å². The van der Waals surface area contributed by atoms with E-state index in [1.165, 1.54) is 18.2 Å². The average molecular weight is 464 g/mol. The summed E-state index contributed by atoms with van der Waals surface area (Å²) in [6.07, 6.45) is 0.987. The van der Waals surface area contributed by atoms with Crippen LogP contribution in [0.1, 0.15) is 12.1 Å². The van der Waals surface area contributed by atoms with E-state index in [0.29, 0.717) is 5.69 Å². The third-order valence-electron chi connectivity index (χ3n) is 2.97. The van der Waals surface area contributed by atoms with Crippen molar-refractivity contribution in [3.63, 3.8) is 0 Å². The largest absolute Gasteiger partial charge is 0.409 e. The zero-order valence-corrected chi connectivity index (χ0v) is 16.2. The first-order chi connectivity index (χ1) is 12.7. The van der Waals surface area contributed by atoms with Gasteiger partial charge in [-0.25, -0.2) is 17.4 Å². The molecule has 0 saturated carbocycles. The van der Waals surface area contributed by atoms with E-state index in [1.54, 1.807) is 0 Å². The highest BCUT2D eigenvalue weighted by Crippen LogP contribution is 2.21. The number of hydrogen-bond donors (Lipinski definition) is 5. The first-order valence-corrected chi connectivity index (χ1v) is 9.94. The zero-order chi connectivity index (χ0) is 20.0. The highest BCUT2D eigenvalue weighted by Gasteiger charge is 2.18. The molecule has 2 rings (SSSR count). The van der Waals surface area contributed by atoms with Crippen molar-refractivity contribution >= 4 is 49.1 Å². The maximum absolute atomic E-state index is 13.3. The summed E-state index contributed by atoms with van der Waals surface area (Å²) in [7, 11) is -3.52. The van der Waals surface area contributed by atoms with Crippen molar-refractivity contribution in [1.82, 2.24) is 15.0 Å². The monoisotopic (exact) mass is 463 g/mol. The van der Waals surface area contributed by atoms with Crippen molar-refractivity contribution in [1.29, 1.82) is 5.41 Å². The van der Waals surface area contributed by atoms with Gasteiger partial charge in [-0.1, -0.05) is 5.16 Å². The molecule has 14 heteroatoms. The number of benzene rings is 1.